The first-order valence-corrected chi connectivity index (χ1v) is 12.2. The largest absolute Gasteiger partial charge is 0.399 e. The summed E-state index contributed by atoms with van der Waals surface area (Å²) in [6.07, 6.45) is 6.03. The highest BCUT2D eigenvalue weighted by Crippen LogP contribution is 2.44. The third-order valence-corrected chi connectivity index (χ3v) is 7.71. The first-order valence-electron chi connectivity index (χ1n) is 12.2. The average molecular weight is 462 g/mol. The van der Waals surface area contributed by atoms with Crippen molar-refractivity contribution in [3.63, 3.8) is 0 Å². The van der Waals surface area contributed by atoms with E-state index in [1.807, 2.05) is 17.0 Å². The lowest BCUT2D eigenvalue weighted by Crippen LogP contribution is -2.41. The minimum atomic E-state index is -0.0745. The fraction of sp³-hybridized carbons (Fsp3) is 0.500. The molecule has 4 aliphatic rings. The zero-order valence-electron chi connectivity index (χ0n) is 19.8. The number of benzene rings is 1. The molecule has 1 aromatic carbocycles. The number of morpholine rings is 1. The van der Waals surface area contributed by atoms with Crippen LogP contribution in [0, 0.1) is 5.92 Å². The Morgan fingerprint density at radius 1 is 1.29 bits per heavy atom. The highest BCUT2D eigenvalue weighted by atomic mass is 16.6. The molecular formula is C26H31N5O3. The molecule has 0 radical (unpaired) electrons. The highest BCUT2D eigenvalue weighted by molar-refractivity contribution is 6.01. The van der Waals surface area contributed by atoms with Gasteiger partial charge < -0.3 is 24.7 Å². The number of fused-ring (bicyclic) bond motifs is 4. The second-order valence-electron chi connectivity index (χ2n) is 10.1. The van der Waals surface area contributed by atoms with Crippen molar-refractivity contribution in [2.45, 2.75) is 57.2 Å². The molecule has 8 heteroatoms. The Morgan fingerprint density at radius 2 is 2.15 bits per heavy atom. The summed E-state index contributed by atoms with van der Waals surface area (Å²) in [5.41, 5.74) is 4.97. The molecule has 0 unspecified atom stereocenters. The van der Waals surface area contributed by atoms with Crippen molar-refractivity contribution in [2.75, 3.05) is 35.4 Å². The highest BCUT2D eigenvalue weighted by Gasteiger charge is 2.48. The van der Waals surface area contributed by atoms with Crippen molar-refractivity contribution >= 4 is 34.5 Å². The van der Waals surface area contributed by atoms with E-state index in [1.165, 1.54) is 0 Å². The number of ether oxygens (including phenoxy) is 1. The van der Waals surface area contributed by atoms with Crippen molar-refractivity contribution in [3.05, 3.63) is 42.1 Å². The molecule has 3 aliphatic heterocycles. The summed E-state index contributed by atoms with van der Waals surface area (Å²) in [6, 6.07) is 10.8. The molecule has 2 saturated heterocycles. The number of hydrogen-bond acceptors (Lipinski definition) is 7. The molecule has 2 aromatic rings. The normalized spacial score (nSPS) is 27.5. The van der Waals surface area contributed by atoms with Gasteiger partial charge >= 0.3 is 0 Å². The van der Waals surface area contributed by atoms with Gasteiger partial charge in [-0.15, -0.1) is 0 Å². The Kier molecular flexibility index (Phi) is 5.21. The quantitative estimate of drug-likeness (QED) is 0.689. The molecule has 2 bridgehead atoms. The van der Waals surface area contributed by atoms with E-state index in [-0.39, 0.29) is 17.4 Å². The van der Waals surface area contributed by atoms with E-state index in [4.69, 9.17) is 9.57 Å². The Hall–Kier alpha value is -3.13. The van der Waals surface area contributed by atoms with Crippen LogP contribution in [0.4, 0.5) is 22.9 Å². The number of amides is 1. The average Bonchev–Trinajstić information content (AvgIpc) is 3.34. The van der Waals surface area contributed by atoms with Crippen LogP contribution < -0.4 is 15.1 Å². The SMILES string of the molecule is CON=C1CCC(C(=O)N2Cc3cccnc3Nc3ccc(N4C[C@]5(C)C[C@H]4CO5)cc32)CC1. The van der Waals surface area contributed by atoms with Crippen LogP contribution in [0.1, 0.15) is 44.6 Å². The molecule has 0 spiro atoms. The van der Waals surface area contributed by atoms with E-state index >= 15 is 0 Å². The third kappa shape index (κ3) is 3.70. The van der Waals surface area contributed by atoms with Crippen LogP contribution in [-0.2, 0) is 20.9 Å². The molecule has 1 aromatic heterocycles. The van der Waals surface area contributed by atoms with E-state index in [9.17, 15) is 4.79 Å². The fourth-order valence-electron chi connectivity index (χ4n) is 5.94. The van der Waals surface area contributed by atoms with Crippen molar-refractivity contribution in [1.82, 2.24) is 4.98 Å². The van der Waals surface area contributed by atoms with Crippen molar-refractivity contribution < 1.29 is 14.4 Å². The molecule has 8 nitrogen and oxygen atoms in total. The van der Waals surface area contributed by atoms with Gasteiger partial charge in [0.05, 0.1) is 41.9 Å². The molecule has 1 amide bonds. The summed E-state index contributed by atoms with van der Waals surface area (Å²) in [5.74, 6) is 0.957. The van der Waals surface area contributed by atoms with E-state index < -0.39 is 0 Å². The Morgan fingerprint density at radius 3 is 2.88 bits per heavy atom. The molecule has 3 fully saturated rings. The van der Waals surface area contributed by atoms with E-state index in [2.05, 4.69) is 45.5 Å². The van der Waals surface area contributed by atoms with Gasteiger partial charge in [-0.3, -0.25) is 4.79 Å². The van der Waals surface area contributed by atoms with E-state index in [1.54, 1.807) is 13.3 Å². The zero-order valence-corrected chi connectivity index (χ0v) is 19.8. The van der Waals surface area contributed by atoms with E-state index in [0.29, 0.717) is 12.6 Å². The van der Waals surface area contributed by atoms with Gasteiger partial charge in [-0.05, 0) is 56.9 Å². The summed E-state index contributed by atoms with van der Waals surface area (Å²) in [4.78, 5) is 27.8. The number of carbonyl (C=O) groups is 1. The van der Waals surface area contributed by atoms with Gasteiger partial charge in [-0.2, -0.15) is 0 Å². The minimum Gasteiger partial charge on any atom is -0.399 e. The van der Waals surface area contributed by atoms with Gasteiger partial charge in [0, 0.05) is 36.3 Å². The molecule has 1 saturated carbocycles. The van der Waals surface area contributed by atoms with Gasteiger partial charge in [0.1, 0.15) is 12.9 Å². The maximum absolute atomic E-state index is 13.9. The lowest BCUT2D eigenvalue weighted by atomic mass is 9.86. The number of rotatable bonds is 3. The topological polar surface area (TPSA) is 79.3 Å². The van der Waals surface area contributed by atoms with Gasteiger partial charge in [-0.1, -0.05) is 11.2 Å². The standard InChI is InChI=1S/C26H31N5O3/c1-26-13-21(15-34-26)31(16-26)20-9-10-22-23(12-20)30(14-18-4-3-11-27-24(18)28-22)25(32)17-5-7-19(8-6-17)29-33-2/h3-4,9-12,17,21H,5-8,13-16H2,1-2H3,(H,27,28)/t17?,21-,26-/m0/s1. The Bertz CT molecular complexity index is 1140. The number of nitrogens with one attached hydrogen (secondary N) is 1. The molecule has 4 heterocycles. The molecular weight excluding hydrogens is 430 g/mol. The van der Waals surface area contributed by atoms with Crippen molar-refractivity contribution in [3.8, 4) is 0 Å². The second-order valence-corrected chi connectivity index (χ2v) is 10.1. The number of hydrogen-bond donors (Lipinski definition) is 1. The third-order valence-electron chi connectivity index (χ3n) is 7.71. The van der Waals surface area contributed by atoms with Crippen LogP contribution in [0.2, 0.25) is 0 Å². The first-order chi connectivity index (χ1) is 16.5. The fourth-order valence-corrected chi connectivity index (χ4v) is 5.94. The molecule has 34 heavy (non-hydrogen) atoms. The van der Waals surface area contributed by atoms with Crippen LogP contribution in [0.3, 0.4) is 0 Å². The number of oxime groups is 1. The lowest BCUT2D eigenvalue weighted by Gasteiger charge is -2.34. The number of carbonyl (C=O) groups excluding carboxylic acids is 1. The van der Waals surface area contributed by atoms with Crippen molar-refractivity contribution in [1.29, 1.82) is 0 Å². The second kappa shape index (κ2) is 8.27. The van der Waals surface area contributed by atoms with Gasteiger partial charge in [0.2, 0.25) is 5.91 Å². The minimum absolute atomic E-state index is 0.0272. The van der Waals surface area contributed by atoms with Crippen molar-refractivity contribution in [2.24, 2.45) is 11.1 Å². The number of aromatic nitrogens is 1. The zero-order chi connectivity index (χ0) is 23.3. The summed E-state index contributed by atoms with van der Waals surface area (Å²) < 4.78 is 5.99. The van der Waals surface area contributed by atoms with Crippen LogP contribution >= 0.6 is 0 Å². The molecule has 2 atom stereocenters. The summed E-state index contributed by atoms with van der Waals surface area (Å²) in [5, 5.41) is 7.60. The molecule has 6 rings (SSSR count). The van der Waals surface area contributed by atoms with Crippen LogP contribution in [-0.4, -0.2) is 48.5 Å². The predicted octanol–water partition coefficient (Wildman–Crippen LogP) is 4.23. The lowest BCUT2D eigenvalue weighted by molar-refractivity contribution is -0.123. The maximum Gasteiger partial charge on any atom is 0.230 e. The molecule has 178 valence electrons. The number of pyridine rings is 1. The number of anilines is 4. The Labute approximate surface area is 199 Å². The summed E-state index contributed by atoms with van der Waals surface area (Å²) in [6.45, 7) is 4.34. The predicted molar refractivity (Wildman–Crippen MR) is 132 cm³/mol. The Balaban J connectivity index is 1.34. The molecule has 1 aliphatic carbocycles. The summed E-state index contributed by atoms with van der Waals surface area (Å²) in [7, 11) is 1.58. The smallest absolute Gasteiger partial charge is 0.230 e. The number of nitrogens with zero attached hydrogens (tertiary/aromatic N) is 4. The maximum atomic E-state index is 13.9. The van der Waals surface area contributed by atoms with Crippen LogP contribution in [0.15, 0.2) is 41.7 Å². The van der Waals surface area contributed by atoms with Gasteiger partial charge in [0.25, 0.3) is 0 Å². The van der Waals surface area contributed by atoms with Crippen LogP contribution in [0.25, 0.3) is 0 Å². The van der Waals surface area contributed by atoms with Gasteiger partial charge in [-0.25, -0.2) is 4.98 Å². The monoisotopic (exact) mass is 461 g/mol. The van der Waals surface area contributed by atoms with E-state index in [0.717, 1.165) is 79.4 Å². The summed E-state index contributed by atoms with van der Waals surface area (Å²) >= 11 is 0. The van der Waals surface area contributed by atoms with Crippen LogP contribution in [0.5, 0.6) is 0 Å². The van der Waals surface area contributed by atoms with Gasteiger partial charge in [0.15, 0.2) is 0 Å². The first kappa shape index (κ1) is 21.4. The molecule has 1 N–H and O–H groups in total.